The third-order valence-electron chi connectivity index (χ3n) is 1.44. The van der Waals surface area contributed by atoms with Gasteiger partial charge in [-0.3, -0.25) is 0 Å². The van der Waals surface area contributed by atoms with Crippen LogP contribution in [0.15, 0.2) is 17.2 Å². The summed E-state index contributed by atoms with van der Waals surface area (Å²) in [6.45, 7) is 1.32. The van der Waals surface area contributed by atoms with Gasteiger partial charge in [0.25, 0.3) is 0 Å². The van der Waals surface area contributed by atoms with Crippen molar-refractivity contribution in [2.45, 2.75) is 18.1 Å². The van der Waals surface area contributed by atoms with E-state index in [1.54, 1.807) is 0 Å². The summed E-state index contributed by atoms with van der Waals surface area (Å²) in [6.07, 6.45) is -4.53. The lowest BCUT2D eigenvalue weighted by atomic mass is 10.2. The molecule has 7 heteroatoms. The zero-order valence-corrected chi connectivity index (χ0v) is 7.82. The van der Waals surface area contributed by atoms with E-state index in [4.69, 9.17) is 4.55 Å². The van der Waals surface area contributed by atoms with Crippen molar-refractivity contribution in [2.24, 2.45) is 0 Å². The molecule has 0 saturated carbocycles. The van der Waals surface area contributed by atoms with Crippen LogP contribution in [0.1, 0.15) is 11.3 Å². The highest BCUT2D eigenvalue weighted by molar-refractivity contribution is 7.79. The predicted molar refractivity (Wildman–Crippen MR) is 43.0 cm³/mol. The Morgan fingerprint density at radius 2 is 2.00 bits per heavy atom. The molecule has 0 aromatic carbocycles. The monoisotopic (exact) mass is 225 g/mol. The topological polar surface area (TPSA) is 50.2 Å². The Morgan fingerprint density at radius 1 is 1.43 bits per heavy atom. The second kappa shape index (κ2) is 3.66. The lowest BCUT2D eigenvalue weighted by molar-refractivity contribution is -0.137. The molecule has 3 nitrogen and oxygen atoms in total. The van der Waals surface area contributed by atoms with Crippen molar-refractivity contribution < 1.29 is 21.9 Å². The minimum Gasteiger partial charge on any atom is -0.301 e. The third kappa shape index (κ3) is 2.52. The molecular formula is C7H6F3NO2S. The zero-order valence-electron chi connectivity index (χ0n) is 7.00. The molecule has 0 aliphatic rings. The lowest BCUT2D eigenvalue weighted by Gasteiger charge is -2.07. The van der Waals surface area contributed by atoms with Gasteiger partial charge in [-0.1, -0.05) is 0 Å². The first-order valence-corrected chi connectivity index (χ1v) is 4.58. The predicted octanol–water partition coefficient (Wildman–Crippen LogP) is 1.99. The average molecular weight is 225 g/mol. The average Bonchev–Trinajstić information content (AvgIpc) is 2.01. The first kappa shape index (κ1) is 11.1. The smallest absolute Gasteiger partial charge is 0.301 e. The Morgan fingerprint density at radius 3 is 2.43 bits per heavy atom. The second-order valence-electron chi connectivity index (χ2n) is 2.58. The molecule has 14 heavy (non-hydrogen) atoms. The molecule has 1 rings (SSSR count). The number of alkyl halides is 3. The molecule has 0 spiro atoms. The van der Waals surface area contributed by atoms with Gasteiger partial charge in [0.05, 0.1) is 5.56 Å². The first-order chi connectivity index (χ1) is 6.30. The number of hydrogen-bond acceptors (Lipinski definition) is 2. The van der Waals surface area contributed by atoms with E-state index < -0.39 is 27.8 Å². The number of aromatic nitrogens is 1. The van der Waals surface area contributed by atoms with Crippen LogP contribution in [0, 0.1) is 6.92 Å². The van der Waals surface area contributed by atoms with Crippen molar-refractivity contribution in [1.82, 2.24) is 4.98 Å². The van der Waals surface area contributed by atoms with E-state index in [0.717, 1.165) is 6.07 Å². The number of halogens is 3. The molecule has 1 unspecified atom stereocenters. The van der Waals surface area contributed by atoms with Gasteiger partial charge in [0.2, 0.25) is 11.1 Å². The van der Waals surface area contributed by atoms with E-state index >= 15 is 0 Å². The quantitative estimate of drug-likeness (QED) is 0.743. The summed E-state index contributed by atoms with van der Waals surface area (Å²) < 4.78 is 55.7. The molecular weight excluding hydrogens is 219 g/mol. The van der Waals surface area contributed by atoms with Crippen molar-refractivity contribution in [3.05, 3.63) is 23.4 Å². The molecule has 78 valence electrons. The number of rotatable bonds is 1. The number of aryl methyl sites for hydroxylation is 1. The Kier molecular flexibility index (Phi) is 2.91. The standard InChI is InChI=1S/C7H6F3NO2S/c1-4-2-5(7(8,9)10)3-6(11-4)14(12)13/h2-3H,1H3,(H,12,13). The van der Waals surface area contributed by atoms with E-state index in [2.05, 4.69) is 4.98 Å². The van der Waals surface area contributed by atoms with Crippen molar-refractivity contribution in [3.63, 3.8) is 0 Å². The highest BCUT2D eigenvalue weighted by atomic mass is 32.2. The molecule has 1 N–H and O–H groups in total. The lowest BCUT2D eigenvalue weighted by Crippen LogP contribution is -2.08. The Labute approximate surface area is 80.3 Å². The van der Waals surface area contributed by atoms with Crippen molar-refractivity contribution in [2.75, 3.05) is 0 Å². The van der Waals surface area contributed by atoms with E-state index in [9.17, 15) is 17.4 Å². The van der Waals surface area contributed by atoms with Crippen LogP contribution in [0.25, 0.3) is 0 Å². The van der Waals surface area contributed by atoms with Crippen LogP contribution in [-0.2, 0) is 17.3 Å². The minimum atomic E-state index is -4.53. The van der Waals surface area contributed by atoms with Crippen LogP contribution in [-0.4, -0.2) is 13.7 Å². The SMILES string of the molecule is Cc1cc(C(F)(F)F)cc(S(=O)O)n1. The number of pyridine rings is 1. The summed E-state index contributed by atoms with van der Waals surface area (Å²) in [5.74, 6) is 0. The van der Waals surface area contributed by atoms with Crippen molar-refractivity contribution in [1.29, 1.82) is 0 Å². The molecule has 1 atom stereocenters. The molecule has 1 aromatic rings. The van der Waals surface area contributed by atoms with Gasteiger partial charge in [0.1, 0.15) is 0 Å². The van der Waals surface area contributed by atoms with Gasteiger partial charge >= 0.3 is 6.18 Å². The molecule has 0 radical (unpaired) electrons. The fraction of sp³-hybridized carbons (Fsp3) is 0.286. The highest BCUT2D eigenvalue weighted by Gasteiger charge is 2.31. The molecule has 0 aliphatic carbocycles. The largest absolute Gasteiger partial charge is 0.416 e. The Hall–Kier alpha value is -0.950. The van der Waals surface area contributed by atoms with Crippen LogP contribution >= 0.6 is 0 Å². The maximum Gasteiger partial charge on any atom is 0.416 e. The normalized spacial score (nSPS) is 14.1. The van der Waals surface area contributed by atoms with Crippen LogP contribution < -0.4 is 0 Å². The van der Waals surface area contributed by atoms with Gasteiger partial charge in [0.15, 0.2) is 5.03 Å². The van der Waals surface area contributed by atoms with Crippen molar-refractivity contribution in [3.8, 4) is 0 Å². The maximum absolute atomic E-state index is 12.2. The van der Waals surface area contributed by atoms with E-state index in [-0.39, 0.29) is 5.69 Å². The molecule has 0 bridgehead atoms. The van der Waals surface area contributed by atoms with E-state index in [1.165, 1.54) is 6.92 Å². The third-order valence-corrected chi connectivity index (χ3v) is 2.00. The van der Waals surface area contributed by atoms with Gasteiger partial charge < -0.3 is 4.55 Å². The van der Waals surface area contributed by atoms with Gasteiger partial charge in [-0.15, -0.1) is 0 Å². The van der Waals surface area contributed by atoms with E-state index in [1.807, 2.05) is 0 Å². The number of hydrogen-bond donors (Lipinski definition) is 1. The first-order valence-electron chi connectivity index (χ1n) is 3.47. The summed E-state index contributed by atoms with van der Waals surface area (Å²) in [6, 6.07) is 1.37. The van der Waals surface area contributed by atoms with Crippen molar-refractivity contribution >= 4 is 11.1 Å². The minimum absolute atomic E-state index is 0.0530. The fourth-order valence-electron chi connectivity index (χ4n) is 0.891. The van der Waals surface area contributed by atoms with E-state index in [0.29, 0.717) is 6.07 Å². The maximum atomic E-state index is 12.2. The molecule has 1 heterocycles. The second-order valence-corrected chi connectivity index (χ2v) is 3.50. The Balaban J connectivity index is 3.28. The molecule has 0 amide bonds. The summed E-state index contributed by atoms with van der Waals surface area (Å²) in [4.78, 5) is 3.50. The Bertz CT molecular complexity index is 378. The van der Waals surface area contributed by atoms with Crippen LogP contribution in [0.4, 0.5) is 13.2 Å². The van der Waals surface area contributed by atoms with Crippen LogP contribution in [0.2, 0.25) is 0 Å². The summed E-state index contributed by atoms with van der Waals surface area (Å²) >= 11 is -2.50. The number of nitrogens with zero attached hydrogens (tertiary/aromatic N) is 1. The summed E-state index contributed by atoms with van der Waals surface area (Å²) in [5, 5.41) is -0.489. The fourth-order valence-corrected chi connectivity index (χ4v) is 1.34. The van der Waals surface area contributed by atoms with Gasteiger partial charge in [-0.25, -0.2) is 9.19 Å². The van der Waals surface area contributed by atoms with Gasteiger partial charge in [-0.05, 0) is 19.1 Å². The van der Waals surface area contributed by atoms with Gasteiger partial charge in [-0.2, -0.15) is 13.2 Å². The molecule has 1 aromatic heterocycles. The van der Waals surface area contributed by atoms with Crippen LogP contribution in [0.5, 0.6) is 0 Å². The van der Waals surface area contributed by atoms with Crippen LogP contribution in [0.3, 0.4) is 0 Å². The highest BCUT2D eigenvalue weighted by Crippen LogP contribution is 2.30. The molecule has 0 aliphatic heterocycles. The summed E-state index contributed by atoms with van der Waals surface area (Å²) in [7, 11) is 0. The molecule has 0 fully saturated rings. The summed E-state index contributed by atoms with van der Waals surface area (Å²) in [5.41, 5.74) is -0.917. The van der Waals surface area contributed by atoms with Gasteiger partial charge in [0, 0.05) is 5.69 Å². The molecule has 0 saturated heterocycles. The zero-order chi connectivity index (χ0) is 10.9.